The van der Waals surface area contributed by atoms with Crippen molar-refractivity contribution in [2.45, 2.75) is 10.1 Å². The first-order chi connectivity index (χ1) is 13.9. The molecular weight excluding hydrogens is 386 g/mol. The number of carbonyl (C=O) groups excluding carboxylic acids is 1. The van der Waals surface area contributed by atoms with Gasteiger partial charge in [0.25, 0.3) is 5.91 Å². The highest BCUT2D eigenvalue weighted by Gasteiger charge is 2.29. The highest BCUT2D eigenvalue weighted by molar-refractivity contribution is 7.91. The van der Waals surface area contributed by atoms with E-state index in [4.69, 9.17) is 0 Å². The minimum Gasteiger partial charge on any atom is -0.378 e. The van der Waals surface area contributed by atoms with Crippen LogP contribution in [0.2, 0.25) is 0 Å². The van der Waals surface area contributed by atoms with E-state index < -0.39 is 15.1 Å². The predicted molar refractivity (Wildman–Crippen MR) is 114 cm³/mol. The van der Waals surface area contributed by atoms with Crippen molar-refractivity contribution in [3.8, 4) is 0 Å². The maximum atomic E-state index is 13.3. The summed E-state index contributed by atoms with van der Waals surface area (Å²) < 4.78 is 26.7. The Morgan fingerprint density at radius 1 is 1.00 bits per heavy atom. The Morgan fingerprint density at radius 2 is 1.69 bits per heavy atom. The molecule has 0 saturated heterocycles. The lowest BCUT2D eigenvalue weighted by molar-refractivity contribution is 0.0953. The normalized spacial score (nSPS) is 12.2. The fourth-order valence-electron chi connectivity index (χ4n) is 2.95. The van der Waals surface area contributed by atoms with Crippen LogP contribution < -0.4 is 10.2 Å². The molecule has 0 unspecified atom stereocenters. The summed E-state index contributed by atoms with van der Waals surface area (Å²) in [4.78, 5) is 18.5. The molecule has 0 radical (unpaired) electrons. The zero-order chi connectivity index (χ0) is 20.9. The predicted octanol–water partition coefficient (Wildman–Crippen LogP) is 3.09. The number of sulfone groups is 1. The van der Waals surface area contributed by atoms with Gasteiger partial charge in [0.1, 0.15) is 5.25 Å². The lowest BCUT2D eigenvalue weighted by atomic mass is 10.1. The zero-order valence-electron chi connectivity index (χ0n) is 16.3. The third-order valence-corrected chi connectivity index (χ3v) is 6.72. The second-order valence-corrected chi connectivity index (χ2v) is 8.91. The Kier molecular flexibility index (Phi) is 6.29. The van der Waals surface area contributed by atoms with Gasteiger partial charge in [-0.1, -0.05) is 30.3 Å². The van der Waals surface area contributed by atoms with Crippen LogP contribution in [0.25, 0.3) is 0 Å². The number of pyridine rings is 1. The maximum absolute atomic E-state index is 13.3. The number of nitrogens with one attached hydrogen (secondary N) is 1. The van der Waals surface area contributed by atoms with Gasteiger partial charge in [0, 0.05) is 38.7 Å². The van der Waals surface area contributed by atoms with Crippen LogP contribution in [-0.2, 0) is 9.84 Å². The summed E-state index contributed by atoms with van der Waals surface area (Å²) >= 11 is 0. The molecule has 29 heavy (non-hydrogen) atoms. The second-order valence-electron chi connectivity index (χ2n) is 6.78. The molecule has 3 aromatic rings. The smallest absolute Gasteiger partial charge is 0.252 e. The minimum atomic E-state index is -3.71. The number of amides is 1. The molecule has 0 bridgehead atoms. The van der Waals surface area contributed by atoms with E-state index >= 15 is 0 Å². The molecule has 1 heterocycles. The van der Waals surface area contributed by atoms with Crippen molar-refractivity contribution >= 4 is 21.4 Å². The van der Waals surface area contributed by atoms with E-state index in [1.165, 1.54) is 6.20 Å². The highest BCUT2D eigenvalue weighted by atomic mass is 32.2. The Hall–Kier alpha value is -3.19. The molecule has 1 atom stereocenters. The van der Waals surface area contributed by atoms with Gasteiger partial charge in [0.15, 0.2) is 9.84 Å². The van der Waals surface area contributed by atoms with Gasteiger partial charge in [-0.05, 0) is 42.0 Å². The molecule has 7 heteroatoms. The van der Waals surface area contributed by atoms with Crippen LogP contribution in [0.5, 0.6) is 0 Å². The van der Waals surface area contributed by atoms with Crippen molar-refractivity contribution < 1.29 is 13.2 Å². The van der Waals surface area contributed by atoms with Crippen molar-refractivity contribution in [2.75, 3.05) is 25.5 Å². The van der Waals surface area contributed by atoms with E-state index in [1.807, 2.05) is 31.1 Å². The van der Waals surface area contributed by atoms with E-state index in [-0.39, 0.29) is 17.3 Å². The standard InChI is InChI=1S/C22H23N3O3S/c1-25(2)19-12-10-17(11-13-19)21(29(27,28)20-8-4-3-5-9-20)16-24-22(26)18-7-6-14-23-15-18/h3-15,21H,16H2,1-2H3,(H,24,26)/t21-/m1/s1. The lowest BCUT2D eigenvalue weighted by Crippen LogP contribution is -2.32. The van der Waals surface area contributed by atoms with E-state index in [2.05, 4.69) is 10.3 Å². The summed E-state index contributed by atoms with van der Waals surface area (Å²) in [5, 5.41) is 1.83. The third kappa shape index (κ3) is 4.81. The molecule has 0 aliphatic rings. The van der Waals surface area contributed by atoms with Crippen molar-refractivity contribution in [2.24, 2.45) is 0 Å². The van der Waals surface area contributed by atoms with Gasteiger partial charge in [-0.15, -0.1) is 0 Å². The largest absolute Gasteiger partial charge is 0.378 e. The molecule has 1 amide bonds. The van der Waals surface area contributed by atoms with Gasteiger partial charge in [0.2, 0.25) is 0 Å². The summed E-state index contributed by atoms with van der Waals surface area (Å²) in [6.07, 6.45) is 3.02. The molecule has 0 saturated carbocycles. The average Bonchev–Trinajstić information content (AvgIpc) is 2.75. The van der Waals surface area contributed by atoms with Gasteiger partial charge in [-0.3, -0.25) is 9.78 Å². The van der Waals surface area contributed by atoms with Crippen LogP contribution in [0.15, 0.2) is 84.0 Å². The number of benzene rings is 2. The SMILES string of the molecule is CN(C)c1ccc([C@@H](CNC(=O)c2cccnc2)S(=O)(=O)c2ccccc2)cc1. The molecule has 3 rings (SSSR count). The van der Waals surface area contributed by atoms with E-state index in [1.54, 1.807) is 60.8 Å². The Labute approximate surface area is 171 Å². The topological polar surface area (TPSA) is 79.4 Å². The molecule has 0 fully saturated rings. The molecule has 2 aromatic carbocycles. The van der Waals surface area contributed by atoms with E-state index in [0.717, 1.165) is 5.69 Å². The summed E-state index contributed by atoms with van der Waals surface area (Å²) in [7, 11) is 0.127. The monoisotopic (exact) mass is 409 g/mol. The van der Waals surface area contributed by atoms with Crippen molar-refractivity contribution in [3.05, 3.63) is 90.3 Å². The van der Waals surface area contributed by atoms with E-state index in [9.17, 15) is 13.2 Å². The molecule has 6 nitrogen and oxygen atoms in total. The summed E-state index contributed by atoms with van der Waals surface area (Å²) in [5.41, 5.74) is 1.96. The molecule has 150 valence electrons. The Balaban J connectivity index is 1.92. The number of hydrogen-bond donors (Lipinski definition) is 1. The highest BCUT2D eigenvalue weighted by Crippen LogP contribution is 2.29. The lowest BCUT2D eigenvalue weighted by Gasteiger charge is -2.20. The van der Waals surface area contributed by atoms with E-state index in [0.29, 0.717) is 11.1 Å². The molecule has 0 aliphatic heterocycles. The first kappa shape index (κ1) is 20.5. The van der Waals surface area contributed by atoms with Crippen LogP contribution in [0, 0.1) is 0 Å². The number of hydrogen-bond acceptors (Lipinski definition) is 5. The fraction of sp³-hybridized carbons (Fsp3) is 0.182. The number of rotatable bonds is 7. The van der Waals surface area contributed by atoms with Gasteiger partial charge in [-0.2, -0.15) is 0 Å². The van der Waals surface area contributed by atoms with Gasteiger partial charge < -0.3 is 10.2 Å². The summed E-state index contributed by atoms with van der Waals surface area (Å²) in [5.74, 6) is -0.365. The number of carbonyl (C=O) groups is 1. The van der Waals surface area contributed by atoms with Crippen LogP contribution in [0.1, 0.15) is 21.2 Å². The fourth-order valence-corrected chi connectivity index (χ4v) is 4.64. The molecule has 1 aromatic heterocycles. The number of anilines is 1. The van der Waals surface area contributed by atoms with Crippen LogP contribution in [0.4, 0.5) is 5.69 Å². The van der Waals surface area contributed by atoms with Crippen molar-refractivity contribution in [3.63, 3.8) is 0 Å². The van der Waals surface area contributed by atoms with Crippen LogP contribution >= 0.6 is 0 Å². The van der Waals surface area contributed by atoms with Crippen molar-refractivity contribution in [1.29, 1.82) is 0 Å². The minimum absolute atomic E-state index is 0.0493. The third-order valence-electron chi connectivity index (χ3n) is 4.60. The van der Waals surface area contributed by atoms with Gasteiger partial charge in [0.05, 0.1) is 10.5 Å². The first-order valence-electron chi connectivity index (χ1n) is 9.14. The summed E-state index contributed by atoms with van der Waals surface area (Å²) in [6, 6.07) is 18.9. The Morgan fingerprint density at radius 3 is 2.28 bits per heavy atom. The quantitative estimate of drug-likeness (QED) is 0.649. The molecular formula is C22H23N3O3S. The molecule has 1 N–H and O–H groups in total. The average molecular weight is 410 g/mol. The second kappa shape index (κ2) is 8.87. The van der Waals surface area contributed by atoms with Crippen LogP contribution in [0.3, 0.4) is 0 Å². The first-order valence-corrected chi connectivity index (χ1v) is 10.7. The Bertz CT molecular complexity index is 1050. The van der Waals surface area contributed by atoms with Gasteiger partial charge in [-0.25, -0.2) is 8.42 Å². The molecule has 0 aliphatic carbocycles. The van der Waals surface area contributed by atoms with Gasteiger partial charge >= 0.3 is 0 Å². The number of nitrogens with zero attached hydrogens (tertiary/aromatic N) is 2. The zero-order valence-corrected chi connectivity index (χ0v) is 17.1. The maximum Gasteiger partial charge on any atom is 0.252 e. The number of aromatic nitrogens is 1. The summed E-state index contributed by atoms with van der Waals surface area (Å²) in [6.45, 7) is -0.0493. The van der Waals surface area contributed by atoms with Crippen LogP contribution in [-0.4, -0.2) is 39.9 Å². The van der Waals surface area contributed by atoms with Crippen molar-refractivity contribution in [1.82, 2.24) is 10.3 Å². The molecule has 0 spiro atoms.